The number of ketones is 1. The second-order valence-corrected chi connectivity index (χ2v) is 8.83. The summed E-state index contributed by atoms with van der Waals surface area (Å²) in [5.74, 6) is 0.294. The minimum Gasteiger partial charge on any atom is -0.334 e. The van der Waals surface area contributed by atoms with Crippen molar-refractivity contribution in [2.45, 2.75) is 25.6 Å². The van der Waals surface area contributed by atoms with E-state index in [1.807, 2.05) is 24.3 Å². The monoisotopic (exact) mass is 428 g/mol. The molecule has 3 nitrogen and oxygen atoms in total. The molecule has 5 rings (SSSR count). The number of aryl methyl sites for hydroxylation is 2. The number of rotatable bonds is 3. The van der Waals surface area contributed by atoms with Gasteiger partial charge in [0.25, 0.3) is 0 Å². The van der Waals surface area contributed by atoms with E-state index in [1.165, 1.54) is 22.8 Å². The number of nitrogens with zero attached hydrogens (tertiary/aromatic N) is 1. The number of halogens is 1. The van der Waals surface area contributed by atoms with Crippen LogP contribution in [0.4, 0.5) is 4.39 Å². The average Bonchev–Trinajstić information content (AvgIpc) is 3.07. The van der Waals surface area contributed by atoms with Crippen molar-refractivity contribution in [2.75, 3.05) is 0 Å². The van der Waals surface area contributed by atoms with E-state index in [1.54, 1.807) is 30.0 Å². The molecule has 1 atom stereocenters. The Bertz CT molecular complexity index is 1280. The van der Waals surface area contributed by atoms with E-state index in [0.717, 1.165) is 17.0 Å². The Labute approximate surface area is 185 Å². The third-order valence-electron chi connectivity index (χ3n) is 5.78. The Hall–Kier alpha value is -3.18. The highest BCUT2D eigenvalue weighted by molar-refractivity contribution is 8.13. The largest absolute Gasteiger partial charge is 0.334 e. The van der Waals surface area contributed by atoms with Gasteiger partial charge in [0.05, 0.1) is 11.3 Å². The molecule has 1 heterocycles. The third kappa shape index (κ3) is 3.49. The van der Waals surface area contributed by atoms with Crippen LogP contribution in [0.3, 0.4) is 0 Å². The molecule has 0 bridgehead atoms. The quantitative estimate of drug-likeness (QED) is 0.558. The minimum atomic E-state index is -0.668. The Kier molecular flexibility index (Phi) is 4.98. The van der Waals surface area contributed by atoms with Gasteiger partial charge < -0.3 is 5.32 Å². The summed E-state index contributed by atoms with van der Waals surface area (Å²) < 4.78 is 14.7. The normalized spacial score (nSPS) is 17.2. The SMILES string of the molecule is Cc1ccc(C)c(CSC2=N[C@@H](c3ccccc3F)C3=C(N2)c2ccccc2C3=O)c1. The summed E-state index contributed by atoms with van der Waals surface area (Å²) >= 11 is 1.57. The number of hydrogen-bond donors (Lipinski definition) is 1. The standard InChI is InChI=1S/C26H21FN2OS/c1-15-11-12-16(2)17(13-15)14-31-26-28-23-18-7-3-4-8-19(18)25(30)22(23)24(29-26)20-9-5-6-10-21(20)27/h3-13,24H,14H2,1-2H3,(H,28,29)/t24-/m0/s1. The van der Waals surface area contributed by atoms with Crippen LogP contribution in [0.5, 0.6) is 0 Å². The van der Waals surface area contributed by atoms with Gasteiger partial charge in [0.15, 0.2) is 11.0 Å². The van der Waals surface area contributed by atoms with Crippen molar-refractivity contribution in [2.24, 2.45) is 4.99 Å². The third-order valence-corrected chi connectivity index (χ3v) is 6.71. The molecule has 3 aromatic carbocycles. The molecule has 0 spiro atoms. The molecule has 1 aliphatic heterocycles. The molecule has 0 fully saturated rings. The molecule has 1 aliphatic carbocycles. The van der Waals surface area contributed by atoms with E-state index in [-0.39, 0.29) is 11.6 Å². The van der Waals surface area contributed by atoms with E-state index in [9.17, 15) is 9.18 Å². The highest BCUT2D eigenvalue weighted by Gasteiger charge is 2.39. The summed E-state index contributed by atoms with van der Waals surface area (Å²) in [6, 6.07) is 19.8. The number of nitrogens with one attached hydrogen (secondary N) is 1. The first-order chi connectivity index (χ1) is 15.0. The first-order valence-electron chi connectivity index (χ1n) is 10.2. The van der Waals surface area contributed by atoms with Crippen LogP contribution >= 0.6 is 11.8 Å². The highest BCUT2D eigenvalue weighted by atomic mass is 32.2. The zero-order chi connectivity index (χ0) is 21.5. The maximum atomic E-state index is 14.7. The summed E-state index contributed by atoms with van der Waals surface area (Å²) in [6.45, 7) is 4.18. The molecule has 0 radical (unpaired) electrons. The van der Waals surface area contributed by atoms with E-state index in [2.05, 4.69) is 37.4 Å². The lowest BCUT2D eigenvalue weighted by atomic mass is 9.95. The topological polar surface area (TPSA) is 41.5 Å². The van der Waals surface area contributed by atoms with Crippen molar-refractivity contribution in [3.63, 3.8) is 0 Å². The van der Waals surface area contributed by atoms with Crippen molar-refractivity contribution in [1.82, 2.24) is 5.32 Å². The van der Waals surface area contributed by atoms with E-state index in [4.69, 9.17) is 4.99 Å². The number of carbonyl (C=O) groups excluding carboxylic acids is 1. The summed E-state index contributed by atoms with van der Waals surface area (Å²) in [6.07, 6.45) is 0. The Morgan fingerprint density at radius 1 is 1.00 bits per heavy atom. The van der Waals surface area contributed by atoms with Gasteiger partial charge in [0.2, 0.25) is 0 Å². The lowest BCUT2D eigenvalue weighted by Crippen LogP contribution is -2.27. The van der Waals surface area contributed by atoms with Gasteiger partial charge in [0, 0.05) is 22.4 Å². The molecule has 1 N–H and O–H groups in total. The van der Waals surface area contributed by atoms with Crippen molar-refractivity contribution in [1.29, 1.82) is 0 Å². The first-order valence-corrected chi connectivity index (χ1v) is 11.2. The number of hydrogen-bond acceptors (Lipinski definition) is 4. The first kappa shape index (κ1) is 19.8. The van der Waals surface area contributed by atoms with Gasteiger partial charge in [-0.15, -0.1) is 0 Å². The van der Waals surface area contributed by atoms with Gasteiger partial charge in [-0.1, -0.05) is 78.0 Å². The number of benzene rings is 3. The van der Waals surface area contributed by atoms with Crippen LogP contribution in [0.2, 0.25) is 0 Å². The van der Waals surface area contributed by atoms with Crippen LogP contribution in [0.1, 0.15) is 44.2 Å². The van der Waals surface area contributed by atoms with Gasteiger partial charge in [-0.3, -0.25) is 4.79 Å². The molecule has 5 heteroatoms. The molecule has 31 heavy (non-hydrogen) atoms. The van der Waals surface area contributed by atoms with Crippen molar-refractivity contribution < 1.29 is 9.18 Å². The van der Waals surface area contributed by atoms with Crippen LogP contribution in [-0.4, -0.2) is 11.0 Å². The molecule has 0 unspecified atom stereocenters. The van der Waals surface area contributed by atoms with E-state index < -0.39 is 6.04 Å². The van der Waals surface area contributed by atoms with E-state index in [0.29, 0.717) is 21.9 Å². The van der Waals surface area contributed by atoms with Gasteiger partial charge in [-0.2, -0.15) is 0 Å². The molecule has 0 saturated carbocycles. The van der Waals surface area contributed by atoms with Gasteiger partial charge >= 0.3 is 0 Å². The number of fused-ring (bicyclic) bond motifs is 2. The predicted molar refractivity (Wildman–Crippen MR) is 125 cm³/mol. The zero-order valence-electron chi connectivity index (χ0n) is 17.3. The summed E-state index contributed by atoms with van der Waals surface area (Å²) in [5.41, 5.74) is 6.84. The number of thioether (sulfide) groups is 1. The Balaban J connectivity index is 1.54. The van der Waals surface area contributed by atoms with Crippen LogP contribution < -0.4 is 5.32 Å². The fraction of sp³-hybridized carbons (Fsp3) is 0.154. The smallest absolute Gasteiger partial charge is 0.194 e. The van der Waals surface area contributed by atoms with Gasteiger partial charge in [-0.05, 0) is 31.0 Å². The molecule has 154 valence electrons. The van der Waals surface area contributed by atoms with Crippen LogP contribution in [0.25, 0.3) is 5.70 Å². The van der Waals surface area contributed by atoms with Crippen LogP contribution in [0, 0.1) is 19.7 Å². The molecule has 0 amide bonds. The maximum absolute atomic E-state index is 14.7. The molecule has 0 aromatic heterocycles. The molecule has 2 aliphatic rings. The number of amidine groups is 1. The lowest BCUT2D eigenvalue weighted by Gasteiger charge is -2.24. The van der Waals surface area contributed by atoms with Gasteiger partial charge in [0.1, 0.15) is 11.9 Å². The van der Waals surface area contributed by atoms with Crippen molar-refractivity contribution >= 4 is 28.4 Å². The Morgan fingerprint density at radius 2 is 1.74 bits per heavy atom. The molecule has 0 saturated heterocycles. The van der Waals surface area contributed by atoms with Crippen molar-refractivity contribution in [3.05, 3.63) is 112 Å². The minimum absolute atomic E-state index is 0.0892. The highest BCUT2D eigenvalue weighted by Crippen LogP contribution is 2.43. The molecular weight excluding hydrogens is 407 g/mol. The second-order valence-electron chi connectivity index (χ2n) is 7.87. The predicted octanol–water partition coefficient (Wildman–Crippen LogP) is 5.98. The maximum Gasteiger partial charge on any atom is 0.194 e. The van der Waals surface area contributed by atoms with Crippen molar-refractivity contribution in [3.8, 4) is 0 Å². The summed E-state index contributed by atoms with van der Waals surface area (Å²) in [7, 11) is 0. The zero-order valence-corrected chi connectivity index (χ0v) is 18.1. The van der Waals surface area contributed by atoms with Crippen LogP contribution in [0.15, 0.2) is 77.3 Å². The molecular formula is C26H21FN2OS. The summed E-state index contributed by atoms with van der Waals surface area (Å²) in [4.78, 5) is 18.0. The fourth-order valence-corrected chi connectivity index (χ4v) is 5.07. The summed E-state index contributed by atoms with van der Waals surface area (Å²) in [5, 5.41) is 4.07. The number of aliphatic imine (C=N–C) groups is 1. The molecule has 3 aromatic rings. The number of Topliss-reactive ketones (excluding diaryl/α,β-unsaturated/α-hetero) is 1. The average molecular weight is 429 g/mol. The number of carbonyl (C=O) groups is 1. The lowest BCUT2D eigenvalue weighted by molar-refractivity contribution is 0.103. The van der Waals surface area contributed by atoms with Crippen LogP contribution in [-0.2, 0) is 5.75 Å². The Morgan fingerprint density at radius 3 is 2.55 bits per heavy atom. The second kappa shape index (κ2) is 7.82. The fourth-order valence-electron chi connectivity index (χ4n) is 4.12. The van der Waals surface area contributed by atoms with E-state index >= 15 is 0 Å². The van der Waals surface area contributed by atoms with Gasteiger partial charge in [-0.25, -0.2) is 9.38 Å².